The molecule has 1 fully saturated rings. The van der Waals surface area contributed by atoms with Gasteiger partial charge in [0.1, 0.15) is 4.88 Å². The zero-order chi connectivity index (χ0) is 12.4. The second-order valence-electron chi connectivity index (χ2n) is 4.02. The lowest BCUT2D eigenvalue weighted by Gasteiger charge is -2.32. The molecule has 0 amide bonds. The molecule has 1 atom stereocenters. The zero-order valence-electron chi connectivity index (χ0n) is 10.2. The van der Waals surface area contributed by atoms with E-state index in [9.17, 15) is 4.79 Å². The van der Waals surface area contributed by atoms with Crippen LogP contribution in [0.25, 0.3) is 0 Å². The van der Waals surface area contributed by atoms with Gasteiger partial charge in [0.2, 0.25) is 0 Å². The molecule has 4 nitrogen and oxygen atoms in total. The average molecular weight is 272 g/mol. The van der Waals surface area contributed by atoms with Crippen LogP contribution in [0.3, 0.4) is 0 Å². The number of aromatic nitrogens is 1. The van der Waals surface area contributed by atoms with E-state index in [0.717, 1.165) is 28.9 Å². The summed E-state index contributed by atoms with van der Waals surface area (Å²) in [6.45, 7) is 5.05. The van der Waals surface area contributed by atoms with E-state index in [0.29, 0.717) is 10.9 Å². The number of nitrogens with zero attached hydrogens (tertiary/aromatic N) is 2. The van der Waals surface area contributed by atoms with Crippen molar-refractivity contribution >= 4 is 34.2 Å². The summed E-state index contributed by atoms with van der Waals surface area (Å²) in [5, 5.41) is 0.940. The Labute approximate surface area is 109 Å². The number of hydrogen-bond donors (Lipinski definition) is 0. The monoisotopic (exact) mass is 272 g/mol. The summed E-state index contributed by atoms with van der Waals surface area (Å²) in [4.78, 5) is 18.9. The minimum Gasteiger partial charge on any atom is -0.465 e. The number of esters is 1. The summed E-state index contributed by atoms with van der Waals surface area (Å²) >= 11 is 3.40. The molecule has 17 heavy (non-hydrogen) atoms. The lowest BCUT2D eigenvalue weighted by atomic mass is 10.3. The lowest BCUT2D eigenvalue weighted by molar-refractivity contribution is 0.0605. The Morgan fingerprint density at radius 3 is 3.00 bits per heavy atom. The van der Waals surface area contributed by atoms with E-state index in [2.05, 4.69) is 16.8 Å². The fraction of sp³-hybridized carbons (Fsp3) is 0.636. The molecular formula is C11H16N2O2S2. The van der Waals surface area contributed by atoms with Gasteiger partial charge in [-0.2, -0.15) is 11.8 Å². The van der Waals surface area contributed by atoms with Crippen LogP contribution < -0.4 is 4.90 Å². The van der Waals surface area contributed by atoms with Crippen molar-refractivity contribution in [2.45, 2.75) is 19.9 Å². The second-order valence-corrected chi connectivity index (χ2v) is 6.15. The first-order chi connectivity index (χ1) is 8.13. The van der Waals surface area contributed by atoms with Gasteiger partial charge >= 0.3 is 5.97 Å². The number of anilines is 1. The maximum atomic E-state index is 11.5. The van der Waals surface area contributed by atoms with Crippen LogP contribution in [0.1, 0.15) is 22.3 Å². The third kappa shape index (κ3) is 2.57. The highest BCUT2D eigenvalue weighted by Crippen LogP contribution is 2.30. The smallest absolute Gasteiger partial charge is 0.350 e. The van der Waals surface area contributed by atoms with Crippen molar-refractivity contribution in [3.05, 3.63) is 10.6 Å². The van der Waals surface area contributed by atoms with E-state index in [1.165, 1.54) is 18.4 Å². The molecule has 0 spiro atoms. The van der Waals surface area contributed by atoms with Crippen LogP contribution in [-0.4, -0.2) is 42.2 Å². The Morgan fingerprint density at radius 2 is 2.35 bits per heavy atom. The molecule has 0 N–H and O–H groups in total. The number of carbonyl (C=O) groups is 1. The molecule has 2 rings (SSSR count). The van der Waals surface area contributed by atoms with Crippen LogP contribution in [0.2, 0.25) is 0 Å². The van der Waals surface area contributed by atoms with Gasteiger partial charge in [-0.15, -0.1) is 0 Å². The lowest BCUT2D eigenvalue weighted by Crippen LogP contribution is -2.40. The maximum Gasteiger partial charge on any atom is 0.350 e. The number of thioether (sulfide) groups is 1. The number of aryl methyl sites for hydroxylation is 1. The molecule has 1 unspecified atom stereocenters. The number of methoxy groups -OCH3 is 1. The van der Waals surface area contributed by atoms with E-state index >= 15 is 0 Å². The van der Waals surface area contributed by atoms with Crippen LogP contribution in [0.5, 0.6) is 0 Å². The predicted molar refractivity (Wildman–Crippen MR) is 72.3 cm³/mol. The molecule has 1 aromatic rings. The van der Waals surface area contributed by atoms with Crippen LogP contribution in [0.15, 0.2) is 0 Å². The minimum absolute atomic E-state index is 0.287. The van der Waals surface area contributed by atoms with E-state index in [-0.39, 0.29) is 5.97 Å². The molecule has 1 aromatic heterocycles. The number of hydrogen-bond acceptors (Lipinski definition) is 6. The average Bonchev–Trinajstić information content (AvgIpc) is 2.71. The number of ether oxygens (including phenoxy) is 1. The third-order valence-corrected chi connectivity index (χ3v) is 5.13. The fourth-order valence-electron chi connectivity index (χ4n) is 1.80. The molecule has 0 saturated carbocycles. The van der Waals surface area contributed by atoms with Gasteiger partial charge in [-0.3, -0.25) is 0 Å². The van der Waals surface area contributed by atoms with Gasteiger partial charge in [0, 0.05) is 24.1 Å². The summed E-state index contributed by atoms with van der Waals surface area (Å²) < 4.78 is 4.75. The second kappa shape index (κ2) is 5.27. The number of rotatable bonds is 2. The van der Waals surface area contributed by atoms with Crippen molar-refractivity contribution in [2.75, 3.05) is 30.1 Å². The van der Waals surface area contributed by atoms with Gasteiger partial charge in [0.05, 0.1) is 12.8 Å². The van der Waals surface area contributed by atoms with Gasteiger partial charge in [0.15, 0.2) is 5.13 Å². The Balaban J connectivity index is 2.24. The third-order valence-electron chi connectivity index (χ3n) is 2.77. The molecule has 6 heteroatoms. The molecule has 0 radical (unpaired) electrons. The molecule has 2 heterocycles. The van der Waals surface area contributed by atoms with Crippen LogP contribution in [-0.2, 0) is 4.74 Å². The molecule has 0 aromatic carbocycles. The summed E-state index contributed by atoms with van der Waals surface area (Å²) in [5.41, 5.74) is 0.766. The normalized spacial score (nSPS) is 20.4. The molecule has 1 aliphatic heterocycles. The van der Waals surface area contributed by atoms with Crippen molar-refractivity contribution in [2.24, 2.45) is 0 Å². The highest BCUT2D eigenvalue weighted by Gasteiger charge is 2.24. The van der Waals surface area contributed by atoms with Gasteiger partial charge in [-0.05, 0) is 13.8 Å². The van der Waals surface area contributed by atoms with E-state index in [1.807, 2.05) is 18.7 Å². The van der Waals surface area contributed by atoms with Gasteiger partial charge < -0.3 is 9.64 Å². The predicted octanol–water partition coefficient (Wildman–Crippen LogP) is 2.18. The number of thiazole rings is 1. The molecular weight excluding hydrogens is 256 g/mol. The number of carbonyl (C=O) groups excluding carboxylic acids is 1. The Kier molecular flexibility index (Phi) is 3.93. The van der Waals surface area contributed by atoms with Crippen LogP contribution in [0, 0.1) is 6.92 Å². The highest BCUT2D eigenvalue weighted by atomic mass is 32.2. The Morgan fingerprint density at radius 1 is 1.59 bits per heavy atom. The molecule has 1 saturated heterocycles. The summed E-state index contributed by atoms with van der Waals surface area (Å²) in [7, 11) is 1.40. The van der Waals surface area contributed by atoms with Crippen molar-refractivity contribution in [1.82, 2.24) is 4.98 Å². The van der Waals surface area contributed by atoms with Gasteiger partial charge in [0.25, 0.3) is 0 Å². The quantitative estimate of drug-likeness (QED) is 0.772. The zero-order valence-corrected chi connectivity index (χ0v) is 11.9. The van der Waals surface area contributed by atoms with Crippen molar-refractivity contribution < 1.29 is 9.53 Å². The Bertz CT molecular complexity index is 420. The molecule has 1 aliphatic rings. The van der Waals surface area contributed by atoms with Crippen molar-refractivity contribution in [3.8, 4) is 0 Å². The van der Waals surface area contributed by atoms with Crippen LogP contribution >= 0.6 is 23.1 Å². The standard InChI is InChI=1S/C11H16N2O2S2/c1-7-6-16-5-4-13(7)11-12-8(2)9(17-11)10(14)15-3/h7H,4-6H2,1-3H3. The minimum atomic E-state index is -0.287. The van der Waals surface area contributed by atoms with Crippen LogP contribution in [0.4, 0.5) is 5.13 Å². The summed E-state index contributed by atoms with van der Waals surface area (Å²) in [6, 6.07) is 0.477. The van der Waals surface area contributed by atoms with E-state index < -0.39 is 0 Å². The molecule has 0 aliphatic carbocycles. The first kappa shape index (κ1) is 12.7. The van der Waals surface area contributed by atoms with Crippen molar-refractivity contribution in [3.63, 3.8) is 0 Å². The largest absolute Gasteiger partial charge is 0.465 e. The van der Waals surface area contributed by atoms with Gasteiger partial charge in [-0.1, -0.05) is 11.3 Å². The van der Waals surface area contributed by atoms with Crippen molar-refractivity contribution in [1.29, 1.82) is 0 Å². The highest BCUT2D eigenvalue weighted by molar-refractivity contribution is 7.99. The van der Waals surface area contributed by atoms with E-state index in [1.54, 1.807) is 0 Å². The SMILES string of the molecule is COC(=O)c1sc(N2CCSCC2C)nc1C. The molecule has 0 bridgehead atoms. The first-order valence-electron chi connectivity index (χ1n) is 5.53. The summed E-state index contributed by atoms with van der Waals surface area (Å²) in [5.74, 6) is 1.95. The topological polar surface area (TPSA) is 42.4 Å². The first-order valence-corrected chi connectivity index (χ1v) is 7.50. The molecule has 94 valence electrons. The Hall–Kier alpha value is -0.750. The maximum absolute atomic E-state index is 11.5. The van der Waals surface area contributed by atoms with E-state index in [4.69, 9.17) is 4.74 Å². The summed E-state index contributed by atoms with van der Waals surface area (Å²) in [6.07, 6.45) is 0. The van der Waals surface area contributed by atoms with Gasteiger partial charge in [-0.25, -0.2) is 9.78 Å². The fourth-order valence-corrected chi connectivity index (χ4v) is 3.93.